The van der Waals surface area contributed by atoms with E-state index in [1.54, 1.807) is 23.6 Å². The molecule has 0 spiro atoms. The zero-order chi connectivity index (χ0) is 12.3. The van der Waals surface area contributed by atoms with Crippen LogP contribution in [0.3, 0.4) is 0 Å². The molecule has 2 aromatic heterocycles. The van der Waals surface area contributed by atoms with E-state index in [-0.39, 0.29) is 4.99 Å². The van der Waals surface area contributed by atoms with Crippen LogP contribution in [-0.4, -0.2) is 15.0 Å². The van der Waals surface area contributed by atoms with Crippen molar-refractivity contribution in [1.82, 2.24) is 9.97 Å². The Morgan fingerprint density at radius 2 is 2.41 bits per heavy atom. The van der Waals surface area contributed by atoms with Crippen molar-refractivity contribution in [3.05, 3.63) is 38.8 Å². The fourth-order valence-corrected chi connectivity index (χ4v) is 2.70. The van der Waals surface area contributed by atoms with Gasteiger partial charge < -0.3 is 11.1 Å². The number of anilines is 1. The Bertz CT molecular complexity index is 541. The van der Waals surface area contributed by atoms with E-state index in [4.69, 9.17) is 18.0 Å². The maximum atomic E-state index is 5.50. The van der Waals surface area contributed by atoms with Crippen molar-refractivity contribution in [2.24, 2.45) is 5.73 Å². The van der Waals surface area contributed by atoms with Crippen LogP contribution in [0.2, 0.25) is 0 Å². The Kier molecular flexibility index (Phi) is 4.03. The van der Waals surface area contributed by atoms with Gasteiger partial charge in [-0.25, -0.2) is 9.97 Å². The molecule has 2 heterocycles. The number of nitrogens with zero attached hydrogens (tertiary/aromatic N) is 2. The Hall–Kier alpha value is -1.05. The van der Waals surface area contributed by atoms with Crippen LogP contribution in [0.4, 0.5) is 5.95 Å². The lowest BCUT2D eigenvalue weighted by Crippen LogP contribution is -2.13. The number of rotatable bonds is 4. The Labute approximate surface area is 116 Å². The second kappa shape index (κ2) is 5.52. The molecule has 7 heteroatoms. The van der Waals surface area contributed by atoms with Gasteiger partial charge in [-0.15, -0.1) is 11.3 Å². The minimum absolute atomic E-state index is 0.273. The summed E-state index contributed by atoms with van der Waals surface area (Å²) in [6, 6.07) is 3.74. The van der Waals surface area contributed by atoms with Gasteiger partial charge in [0.15, 0.2) is 0 Å². The molecule has 0 aliphatic heterocycles. The van der Waals surface area contributed by atoms with Gasteiger partial charge in [0.2, 0.25) is 5.95 Å². The first-order chi connectivity index (χ1) is 8.15. The monoisotopic (exact) mass is 328 g/mol. The predicted octanol–water partition coefficient (Wildman–Crippen LogP) is 2.55. The Morgan fingerprint density at radius 3 is 3.06 bits per heavy atom. The highest BCUT2D eigenvalue weighted by molar-refractivity contribution is 9.10. The highest BCUT2D eigenvalue weighted by Crippen LogP contribution is 2.20. The van der Waals surface area contributed by atoms with Crippen LogP contribution in [0, 0.1) is 0 Å². The summed E-state index contributed by atoms with van der Waals surface area (Å²) in [5, 5.41) is 5.15. The van der Waals surface area contributed by atoms with Gasteiger partial charge in [0.1, 0.15) is 10.7 Å². The maximum absolute atomic E-state index is 5.50. The largest absolute Gasteiger partial charge is 0.388 e. The molecule has 2 aromatic rings. The molecule has 0 bridgehead atoms. The highest BCUT2D eigenvalue weighted by atomic mass is 79.9. The summed E-state index contributed by atoms with van der Waals surface area (Å²) in [6.45, 7) is 0.678. The summed E-state index contributed by atoms with van der Waals surface area (Å²) in [6.07, 6.45) is 1.63. The molecule has 0 saturated heterocycles. The van der Waals surface area contributed by atoms with E-state index in [1.165, 1.54) is 4.88 Å². The van der Waals surface area contributed by atoms with E-state index in [2.05, 4.69) is 37.3 Å². The minimum Gasteiger partial charge on any atom is -0.388 e. The number of nitrogens with two attached hydrogens (primary N) is 1. The molecule has 88 valence electrons. The number of hydrogen-bond donors (Lipinski definition) is 2. The van der Waals surface area contributed by atoms with Gasteiger partial charge in [-0.1, -0.05) is 12.2 Å². The lowest BCUT2D eigenvalue weighted by Gasteiger charge is -2.04. The molecule has 2 rings (SSSR count). The fourth-order valence-electron chi connectivity index (χ4n) is 1.19. The second-order valence-corrected chi connectivity index (χ2v) is 5.57. The number of thiocarbonyl (C=S) groups is 1. The van der Waals surface area contributed by atoms with Gasteiger partial charge in [0, 0.05) is 20.9 Å². The van der Waals surface area contributed by atoms with Crippen LogP contribution < -0.4 is 11.1 Å². The molecular formula is C10H9BrN4S2. The standard InChI is InChI=1S/C10H9BrN4S2/c11-6-3-7(17-5-6)4-14-10-13-2-1-8(15-10)9(12)16/h1-3,5H,4H2,(H2,12,16)(H,13,14,15). The van der Waals surface area contributed by atoms with Crippen molar-refractivity contribution >= 4 is 50.4 Å². The number of aromatic nitrogens is 2. The molecule has 0 aliphatic rings. The molecule has 17 heavy (non-hydrogen) atoms. The summed E-state index contributed by atoms with van der Waals surface area (Å²) in [7, 11) is 0. The SMILES string of the molecule is NC(=S)c1ccnc(NCc2cc(Br)cs2)n1. The zero-order valence-electron chi connectivity index (χ0n) is 8.68. The lowest BCUT2D eigenvalue weighted by atomic mass is 10.4. The van der Waals surface area contributed by atoms with Gasteiger partial charge in [-0.3, -0.25) is 0 Å². The minimum atomic E-state index is 0.273. The van der Waals surface area contributed by atoms with Gasteiger partial charge in [-0.2, -0.15) is 0 Å². The second-order valence-electron chi connectivity index (χ2n) is 3.21. The predicted molar refractivity (Wildman–Crippen MR) is 77.3 cm³/mol. The van der Waals surface area contributed by atoms with Crippen LogP contribution in [-0.2, 0) is 6.54 Å². The average Bonchev–Trinajstić information content (AvgIpc) is 2.73. The van der Waals surface area contributed by atoms with E-state index in [1.807, 2.05) is 5.38 Å². The van der Waals surface area contributed by atoms with Gasteiger partial charge in [-0.05, 0) is 28.1 Å². The molecule has 0 radical (unpaired) electrons. The molecule has 0 unspecified atom stereocenters. The molecule has 0 amide bonds. The molecule has 0 aliphatic carbocycles. The van der Waals surface area contributed by atoms with Crippen molar-refractivity contribution in [3.8, 4) is 0 Å². The molecule has 0 aromatic carbocycles. The molecular weight excluding hydrogens is 320 g/mol. The summed E-state index contributed by atoms with van der Waals surface area (Å²) >= 11 is 9.93. The van der Waals surface area contributed by atoms with Crippen LogP contribution >= 0.6 is 39.5 Å². The Morgan fingerprint density at radius 1 is 1.59 bits per heavy atom. The molecule has 0 saturated carbocycles. The molecule has 0 fully saturated rings. The Balaban J connectivity index is 2.04. The number of hydrogen-bond acceptors (Lipinski definition) is 5. The maximum Gasteiger partial charge on any atom is 0.223 e. The van der Waals surface area contributed by atoms with E-state index in [0.717, 1.165) is 4.47 Å². The summed E-state index contributed by atoms with van der Waals surface area (Å²) in [4.78, 5) is 9.77. The third-order valence-electron chi connectivity index (χ3n) is 1.95. The first kappa shape index (κ1) is 12.4. The van der Waals surface area contributed by atoms with Crippen molar-refractivity contribution in [1.29, 1.82) is 0 Å². The molecule has 3 N–H and O–H groups in total. The average molecular weight is 329 g/mol. The summed E-state index contributed by atoms with van der Waals surface area (Å²) in [5.41, 5.74) is 6.08. The van der Waals surface area contributed by atoms with E-state index in [0.29, 0.717) is 18.2 Å². The van der Waals surface area contributed by atoms with Crippen LogP contribution in [0.25, 0.3) is 0 Å². The highest BCUT2D eigenvalue weighted by Gasteiger charge is 2.02. The summed E-state index contributed by atoms with van der Waals surface area (Å²) in [5.74, 6) is 0.528. The number of thiophene rings is 1. The third-order valence-corrected chi connectivity index (χ3v) is 3.86. The van der Waals surface area contributed by atoms with Crippen LogP contribution in [0.1, 0.15) is 10.6 Å². The number of halogens is 1. The van der Waals surface area contributed by atoms with Gasteiger partial charge in [0.25, 0.3) is 0 Å². The lowest BCUT2D eigenvalue weighted by molar-refractivity contribution is 1.06. The van der Waals surface area contributed by atoms with E-state index < -0.39 is 0 Å². The fraction of sp³-hybridized carbons (Fsp3) is 0.100. The molecule has 4 nitrogen and oxygen atoms in total. The van der Waals surface area contributed by atoms with E-state index in [9.17, 15) is 0 Å². The summed E-state index contributed by atoms with van der Waals surface area (Å²) < 4.78 is 1.08. The van der Waals surface area contributed by atoms with Crippen molar-refractivity contribution in [2.45, 2.75) is 6.54 Å². The van der Waals surface area contributed by atoms with E-state index >= 15 is 0 Å². The topological polar surface area (TPSA) is 63.8 Å². The third kappa shape index (κ3) is 3.45. The first-order valence-corrected chi connectivity index (χ1v) is 6.83. The van der Waals surface area contributed by atoms with Crippen molar-refractivity contribution in [3.63, 3.8) is 0 Å². The quantitative estimate of drug-likeness (QED) is 0.844. The van der Waals surface area contributed by atoms with Gasteiger partial charge in [0.05, 0.1) is 6.54 Å². The van der Waals surface area contributed by atoms with Crippen LogP contribution in [0.5, 0.6) is 0 Å². The normalized spacial score (nSPS) is 10.2. The first-order valence-electron chi connectivity index (χ1n) is 4.75. The van der Waals surface area contributed by atoms with Crippen LogP contribution in [0.15, 0.2) is 28.2 Å². The smallest absolute Gasteiger partial charge is 0.223 e. The van der Waals surface area contributed by atoms with Crippen molar-refractivity contribution in [2.75, 3.05) is 5.32 Å². The van der Waals surface area contributed by atoms with Gasteiger partial charge >= 0.3 is 0 Å². The zero-order valence-corrected chi connectivity index (χ0v) is 11.9. The molecule has 0 atom stereocenters. The number of nitrogens with one attached hydrogen (secondary N) is 1. The van der Waals surface area contributed by atoms with Crippen molar-refractivity contribution < 1.29 is 0 Å².